The zero-order chi connectivity index (χ0) is 14.5. The van der Waals surface area contributed by atoms with E-state index in [0.29, 0.717) is 17.8 Å². The summed E-state index contributed by atoms with van der Waals surface area (Å²) in [5.74, 6) is 1.24. The first-order chi connectivity index (χ1) is 9.61. The van der Waals surface area contributed by atoms with Crippen LogP contribution in [-0.2, 0) is 0 Å². The zero-order valence-electron chi connectivity index (χ0n) is 12.7. The quantitative estimate of drug-likeness (QED) is 0.851. The van der Waals surface area contributed by atoms with Gasteiger partial charge >= 0.3 is 0 Å². The fourth-order valence-corrected chi connectivity index (χ4v) is 2.95. The molecule has 0 aliphatic heterocycles. The molecule has 0 radical (unpaired) electrons. The van der Waals surface area contributed by atoms with Crippen molar-refractivity contribution in [3.63, 3.8) is 0 Å². The first kappa shape index (κ1) is 14.8. The van der Waals surface area contributed by atoms with Crippen LogP contribution in [0.15, 0.2) is 60.7 Å². The molecule has 0 amide bonds. The Morgan fingerprint density at radius 1 is 0.700 bits per heavy atom. The summed E-state index contributed by atoms with van der Waals surface area (Å²) in [4.78, 5) is 0. The normalized spacial score (nSPS) is 14.5. The van der Waals surface area contributed by atoms with Gasteiger partial charge in [-0.05, 0) is 23.0 Å². The van der Waals surface area contributed by atoms with Crippen LogP contribution in [0.3, 0.4) is 0 Å². The van der Waals surface area contributed by atoms with E-state index in [9.17, 15) is 0 Å². The summed E-state index contributed by atoms with van der Waals surface area (Å²) in [6, 6.07) is 21.6. The van der Waals surface area contributed by atoms with Crippen molar-refractivity contribution in [1.82, 2.24) is 0 Å². The lowest BCUT2D eigenvalue weighted by molar-refractivity contribution is 0.336. The van der Waals surface area contributed by atoms with Crippen LogP contribution in [0.25, 0.3) is 0 Å². The van der Waals surface area contributed by atoms with Crippen molar-refractivity contribution in [3.8, 4) is 0 Å². The smallest absolute Gasteiger partial charge is 0.0130 e. The summed E-state index contributed by atoms with van der Waals surface area (Å²) in [6.45, 7) is 6.68. The van der Waals surface area contributed by atoms with Gasteiger partial charge in [-0.25, -0.2) is 0 Å². The van der Waals surface area contributed by atoms with E-state index in [1.165, 1.54) is 11.1 Å². The summed E-state index contributed by atoms with van der Waals surface area (Å²) in [5.41, 5.74) is 9.13. The van der Waals surface area contributed by atoms with Crippen LogP contribution in [0.5, 0.6) is 0 Å². The summed E-state index contributed by atoms with van der Waals surface area (Å²) >= 11 is 0. The molecular formula is C19H25N. The molecule has 0 aliphatic carbocycles. The van der Waals surface area contributed by atoms with Gasteiger partial charge in [-0.3, -0.25) is 0 Å². The van der Waals surface area contributed by atoms with Gasteiger partial charge in [0.05, 0.1) is 0 Å². The Balaban J connectivity index is 2.40. The summed E-state index contributed by atoms with van der Waals surface area (Å²) < 4.78 is 0. The van der Waals surface area contributed by atoms with Crippen molar-refractivity contribution in [2.45, 2.75) is 32.7 Å². The molecule has 2 atom stereocenters. The van der Waals surface area contributed by atoms with Crippen LogP contribution in [0.2, 0.25) is 0 Å². The van der Waals surface area contributed by atoms with Gasteiger partial charge in [0.2, 0.25) is 0 Å². The summed E-state index contributed by atoms with van der Waals surface area (Å²) in [5, 5.41) is 0. The fourth-order valence-electron chi connectivity index (χ4n) is 2.95. The second-order valence-electron chi connectivity index (χ2n) is 5.98. The fraction of sp³-hybridized carbons (Fsp3) is 0.368. The SMILES string of the molecule is CC(C)C(N)C(C)C(c1ccccc1)c1ccccc1. The average molecular weight is 267 g/mol. The molecular weight excluding hydrogens is 242 g/mol. The Bertz CT molecular complexity index is 464. The van der Waals surface area contributed by atoms with E-state index in [4.69, 9.17) is 5.73 Å². The monoisotopic (exact) mass is 267 g/mol. The Morgan fingerprint density at radius 3 is 1.45 bits per heavy atom. The van der Waals surface area contributed by atoms with Crippen molar-refractivity contribution < 1.29 is 0 Å². The number of rotatable bonds is 5. The summed E-state index contributed by atoms with van der Waals surface area (Å²) in [7, 11) is 0. The van der Waals surface area contributed by atoms with E-state index in [1.54, 1.807) is 0 Å². The Kier molecular flexibility index (Phi) is 4.97. The Hall–Kier alpha value is -1.60. The Labute approximate surface area is 122 Å². The number of benzene rings is 2. The minimum Gasteiger partial charge on any atom is -0.327 e. The van der Waals surface area contributed by atoms with E-state index in [1.807, 2.05) is 0 Å². The van der Waals surface area contributed by atoms with Gasteiger partial charge in [0.25, 0.3) is 0 Å². The predicted molar refractivity (Wildman–Crippen MR) is 86.7 cm³/mol. The Morgan fingerprint density at radius 2 is 1.10 bits per heavy atom. The third-order valence-electron chi connectivity index (χ3n) is 4.22. The van der Waals surface area contributed by atoms with Gasteiger partial charge in [-0.1, -0.05) is 81.4 Å². The molecule has 0 spiro atoms. The molecule has 2 unspecified atom stereocenters. The van der Waals surface area contributed by atoms with Crippen molar-refractivity contribution in [2.75, 3.05) is 0 Å². The minimum absolute atomic E-state index is 0.195. The number of hydrogen-bond acceptors (Lipinski definition) is 1. The van der Waals surface area contributed by atoms with Gasteiger partial charge < -0.3 is 5.73 Å². The van der Waals surface area contributed by atoms with Crippen LogP contribution in [0.1, 0.15) is 37.8 Å². The molecule has 2 aromatic rings. The molecule has 1 heteroatoms. The maximum absolute atomic E-state index is 6.44. The molecule has 0 bridgehead atoms. The van der Waals surface area contributed by atoms with E-state index in [0.717, 1.165) is 0 Å². The molecule has 0 aliphatic rings. The highest BCUT2D eigenvalue weighted by molar-refractivity contribution is 5.33. The molecule has 20 heavy (non-hydrogen) atoms. The second-order valence-corrected chi connectivity index (χ2v) is 5.98. The third-order valence-corrected chi connectivity index (χ3v) is 4.22. The molecule has 2 aromatic carbocycles. The van der Waals surface area contributed by atoms with Gasteiger partial charge in [0.1, 0.15) is 0 Å². The highest BCUT2D eigenvalue weighted by Crippen LogP contribution is 2.34. The molecule has 0 heterocycles. The maximum atomic E-state index is 6.44. The van der Waals surface area contributed by atoms with E-state index in [2.05, 4.69) is 81.4 Å². The van der Waals surface area contributed by atoms with E-state index in [-0.39, 0.29) is 6.04 Å². The van der Waals surface area contributed by atoms with Crippen molar-refractivity contribution >= 4 is 0 Å². The predicted octanol–water partition coefficient (Wildman–Crippen LogP) is 4.44. The lowest BCUT2D eigenvalue weighted by Crippen LogP contribution is -2.37. The molecule has 1 nitrogen and oxygen atoms in total. The van der Waals surface area contributed by atoms with Crippen LogP contribution < -0.4 is 5.73 Å². The van der Waals surface area contributed by atoms with E-state index >= 15 is 0 Å². The number of nitrogens with two attached hydrogens (primary N) is 1. The first-order valence-electron chi connectivity index (χ1n) is 7.46. The van der Waals surface area contributed by atoms with E-state index < -0.39 is 0 Å². The van der Waals surface area contributed by atoms with Crippen LogP contribution in [0.4, 0.5) is 0 Å². The highest BCUT2D eigenvalue weighted by Gasteiger charge is 2.27. The van der Waals surface area contributed by atoms with Gasteiger partial charge in [-0.15, -0.1) is 0 Å². The van der Waals surface area contributed by atoms with Crippen molar-refractivity contribution in [2.24, 2.45) is 17.6 Å². The lowest BCUT2D eigenvalue weighted by Gasteiger charge is -2.32. The topological polar surface area (TPSA) is 26.0 Å². The van der Waals surface area contributed by atoms with Gasteiger partial charge in [0, 0.05) is 12.0 Å². The molecule has 0 fully saturated rings. The molecule has 0 saturated carbocycles. The van der Waals surface area contributed by atoms with Crippen LogP contribution in [-0.4, -0.2) is 6.04 Å². The third kappa shape index (κ3) is 3.29. The molecule has 0 aromatic heterocycles. The average Bonchev–Trinajstić information content (AvgIpc) is 2.48. The maximum Gasteiger partial charge on any atom is 0.0130 e. The molecule has 2 rings (SSSR count). The lowest BCUT2D eigenvalue weighted by atomic mass is 9.75. The van der Waals surface area contributed by atoms with Gasteiger partial charge in [0.15, 0.2) is 0 Å². The van der Waals surface area contributed by atoms with Crippen LogP contribution >= 0.6 is 0 Å². The second kappa shape index (κ2) is 6.71. The van der Waals surface area contributed by atoms with Gasteiger partial charge in [-0.2, -0.15) is 0 Å². The molecule has 106 valence electrons. The highest BCUT2D eigenvalue weighted by atomic mass is 14.7. The first-order valence-corrected chi connectivity index (χ1v) is 7.46. The number of hydrogen-bond donors (Lipinski definition) is 1. The van der Waals surface area contributed by atoms with Crippen molar-refractivity contribution in [3.05, 3.63) is 71.8 Å². The standard InChI is InChI=1S/C19H25N/c1-14(2)19(20)15(3)18(16-10-6-4-7-11-16)17-12-8-5-9-13-17/h4-15,18-19H,20H2,1-3H3. The largest absolute Gasteiger partial charge is 0.327 e. The molecule has 0 saturated heterocycles. The van der Waals surface area contributed by atoms with Crippen LogP contribution in [0, 0.1) is 11.8 Å². The molecule has 2 N–H and O–H groups in total. The zero-order valence-corrected chi connectivity index (χ0v) is 12.7. The summed E-state index contributed by atoms with van der Waals surface area (Å²) in [6.07, 6.45) is 0. The minimum atomic E-state index is 0.195. The van der Waals surface area contributed by atoms with Crippen molar-refractivity contribution in [1.29, 1.82) is 0 Å².